The second-order valence-corrected chi connectivity index (χ2v) is 3.77. The minimum Gasteiger partial charge on any atom is -0.352 e. The Balaban J connectivity index is 0.000000845. The van der Waals surface area contributed by atoms with E-state index >= 15 is 0 Å². The summed E-state index contributed by atoms with van der Waals surface area (Å²) >= 11 is 0. The highest BCUT2D eigenvalue weighted by molar-refractivity contribution is 5.76. The molecule has 2 saturated heterocycles. The van der Waals surface area contributed by atoms with Gasteiger partial charge in [-0.25, -0.2) is 0 Å². The fourth-order valence-electron chi connectivity index (χ4n) is 2.19. The number of rotatable bonds is 0. The van der Waals surface area contributed by atoms with E-state index in [2.05, 4.69) is 10.6 Å². The molecule has 2 fully saturated rings. The van der Waals surface area contributed by atoms with Crippen molar-refractivity contribution in [3.8, 4) is 0 Å². The molecule has 3 nitrogen and oxygen atoms in total. The zero-order valence-corrected chi connectivity index (χ0v) is 7.31. The fourth-order valence-corrected chi connectivity index (χ4v) is 2.19. The highest BCUT2D eigenvalue weighted by Crippen LogP contribution is 2.17. The third-order valence-corrected chi connectivity index (χ3v) is 2.85. The lowest BCUT2D eigenvalue weighted by molar-refractivity contribution is -0.121. The number of carbonyl (C=O) groups is 1. The Labute approximate surface area is 75.9 Å². The van der Waals surface area contributed by atoms with Crippen LogP contribution in [0.15, 0.2) is 0 Å². The van der Waals surface area contributed by atoms with Gasteiger partial charge in [0.05, 0.1) is 0 Å². The van der Waals surface area contributed by atoms with Crippen LogP contribution in [0.2, 0.25) is 0 Å². The maximum atomic E-state index is 11.2. The number of piperidine rings is 1. The monoisotopic (exact) mass is 172 g/mol. The molecule has 2 N–H and O–H groups in total. The first-order chi connectivity index (χ1) is 5.86. The molecule has 2 rings (SSSR count). The maximum Gasteiger partial charge on any atom is 0.220 e. The van der Waals surface area contributed by atoms with Crippen LogP contribution in [-0.4, -0.2) is 24.5 Å². The van der Waals surface area contributed by atoms with Gasteiger partial charge in [0.1, 0.15) is 0 Å². The highest BCUT2D eigenvalue weighted by atomic mass is 16.1. The zero-order chi connectivity index (χ0) is 8.39. The minimum absolute atomic E-state index is 0. The van der Waals surface area contributed by atoms with Gasteiger partial charge in [-0.05, 0) is 32.2 Å². The molecule has 2 atom stereocenters. The third-order valence-electron chi connectivity index (χ3n) is 2.85. The van der Waals surface area contributed by atoms with Crippen molar-refractivity contribution >= 4 is 5.91 Å². The van der Waals surface area contributed by atoms with Gasteiger partial charge in [-0.3, -0.25) is 4.79 Å². The van der Waals surface area contributed by atoms with Crippen LogP contribution in [0.4, 0.5) is 0 Å². The molecule has 72 valence electrons. The molecule has 2 heterocycles. The van der Waals surface area contributed by atoms with E-state index in [1.807, 2.05) is 0 Å². The van der Waals surface area contributed by atoms with Crippen molar-refractivity contribution in [3.63, 3.8) is 0 Å². The number of hydrogen-bond donors (Lipinski definition) is 2. The lowest BCUT2D eigenvalue weighted by Crippen LogP contribution is -2.51. The first-order valence-corrected chi connectivity index (χ1v) is 4.89. The number of nitrogens with one attached hydrogen (secondary N) is 2. The topological polar surface area (TPSA) is 41.1 Å². The van der Waals surface area contributed by atoms with E-state index in [1.165, 1.54) is 6.42 Å². The Morgan fingerprint density at radius 2 is 2.08 bits per heavy atom. The van der Waals surface area contributed by atoms with Crippen molar-refractivity contribution in [3.05, 3.63) is 0 Å². The lowest BCUT2D eigenvalue weighted by atomic mass is 9.96. The quantitative estimate of drug-likeness (QED) is 0.570. The van der Waals surface area contributed by atoms with Crippen molar-refractivity contribution in [2.24, 2.45) is 0 Å². The van der Waals surface area contributed by atoms with Gasteiger partial charge in [-0.15, -0.1) is 0 Å². The van der Waals surface area contributed by atoms with Crippen LogP contribution in [0.5, 0.6) is 0 Å². The second-order valence-electron chi connectivity index (χ2n) is 3.77. The molecule has 0 unspecified atom stereocenters. The minimum atomic E-state index is 0. The van der Waals surface area contributed by atoms with Crippen LogP contribution < -0.4 is 10.6 Å². The van der Waals surface area contributed by atoms with Crippen molar-refractivity contribution in [2.75, 3.05) is 6.54 Å². The van der Waals surface area contributed by atoms with E-state index in [0.29, 0.717) is 18.5 Å². The van der Waals surface area contributed by atoms with Gasteiger partial charge < -0.3 is 10.6 Å². The molecule has 0 spiro atoms. The Morgan fingerprint density at radius 1 is 1.25 bits per heavy atom. The largest absolute Gasteiger partial charge is 0.352 e. The predicted molar refractivity (Wildman–Crippen MR) is 51.0 cm³/mol. The Hall–Kier alpha value is -0.570. The Kier molecular flexibility index (Phi) is 2.30. The summed E-state index contributed by atoms with van der Waals surface area (Å²) in [5.41, 5.74) is 0. The summed E-state index contributed by atoms with van der Waals surface area (Å²) in [5.74, 6) is 0.242. The fraction of sp³-hybridized carbons (Fsp3) is 0.889. The summed E-state index contributed by atoms with van der Waals surface area (Å²) in [7, 11) is 0. The van der Waals surface area contributed by atoms with Gasteiger partial charge in [0, 0.05) is 21.4 Å². The van der Waals surface area contributed by atoms with Crippen molar-refractivity contribution < 1.29 is 7.65 Å². The Bertz CT molecular complexity index is 190. The third kappa shape index (κ3) is 1.61. The van der Waals surface area contributed by atoms with Crippen molar-refractivity contribution in [1.29, 1.82) is 0 Å². The molecule has 1 amide bonds. The number of hydrogen-bond acceptors (Lipinski definition) is 2. The van der Waals surface area contributed by atoms with E-state index < -0.39 is 0 Å². The van der Waals surface area contributed by atoms with E-state index in [9.17, 15) is 4.79 Å². The summed E-state index contributed by atoms with van der Waals surface area (Å²) < 4.78 is 0. The molecule has 0 bridgehead atoms. The van der Waals surface area contributed by atoms with Crippen LogP contribution in [0.25, 0.3) is 0 Å². The van der Waals surface area contributed by atoms with Crippen LogP contribution in [0.1, 0.15) is 35.0 Å². The average Bonchev–Trinajstić information content (AvgIpc) is 2.25. The van der Waals surface area contributed by atoms with Gasteiger partial charge in [-0.1, -0.05) is 0 Å². The first-order valence-electron chi connectivity index (χ1n) is 4.89. The first kappa shape index (κ1) is 8.05. The van der Waals surface area contributed by atoms with E-state index in [4.69, 9.17) is 0 Å². The lowest BCUT2D eigenvalue weighted by Gasteiger charge is -2.31. The van der Waals surface area contributed by atoms with Gasteiger partial charge in [0.25, 0.3) is 0 Å². The van der Waals surface area contributed by atoms with Crippen LogP contribution in [0.3, 0.4) is 0 Å². The Morgan fingerprint density at radius 3 is 3.00 bits per heavy atom. The molecular weight excluding hydrogens is 152 g/mol. The molecule has 0 aliphatic carbocycles. The summed E-state index contributed by atoms with van der Waals surface area (Å²) in [5, 5.41) is 6.55. The SMILES string of the molecule is O=C1CCC[C@@H]2NCCC[C@H]2N1.[HH].[HH]. The van der Waals surface area contributed by atoms with E-state index in [0.717, 1.165) is 25.8 Å². The van der Waals surface area contributed by atoms with Crippen molar-refractivity contribution in [2.45, 2.75) is 44.2 Å². The normalized spacial score (nSPS) is 36.5. The van der Waals surface area contributed by atoms with E-state index in [1.54, 1.807) is 0 Å². The summed E-state index contributed by atoms with van der Waals surface area (Å²) in [6, 6.07) is 0.957. The number of amides is 1. The zero-order valence-electron chi connectivity index (χ0n) is 7.31. The molecule has 2 aliphatic rings. The van der Waals surface area contributed by atoms with Gasteiger partial charge in [0.15, 0.2) is 0 Å². The van der Waals surface area contributed by atoms with Crippen molar-refractivity contribution in [1.82, 2.24) is 10.6 Å². The number of fused-ring (bicyclic) bond motifs is 1. The predicted octanol–water partition coefficient (Wildman–Crippen LogP) is 0.899. The highest BCUT2D eigenvalue weighted by Gasteiger charge is 2.27. The smallest absolute Gasteiger partial charge is 0.220 e. The second kappa shape index (κ2) is 3.44. The maximum absolute atomic E-state index is 11.2. The summed E-state index contributed by atoms with van der Waals surface area (Å²) in [6.07, 6.45) is 5.27. The van der Waals surface area contributed by atoms with Crippen LogP contribution >= 0.6 is 0 Å². The standard InChI is InChI=1S/C9H16N2O.2H2/c12-9-5-1-3-7-8(11-9)4-2-6-10-7;;/h7-8,10H,1-6H2,(H,11,12);2*1H/t7-,8+;;/m0../s1. The molecule has 0 radical (unpaired) electrons. The molecular formula is C9H20N2O. The molecule has 12 heavy (non-hydrogen) atoms. The van der Waals surface area contributed by atoms with Crippen LogP contribution in [0, 0.1) is 0 Å². The van der Waals surface area contributed by atoms with Gasteiger partial charge in [-0.2, -0.15) is 0 Å². The molecule has 0 saturated carbocycles. The van der Waals surface area contributed by atoms with E-state index in [-0.39, 0.29) is 8.76 Å². The summed E-state index contributed by atoms with van der Waals surface area (Å²) in [6.45, 7) is 1.12. The van der Waals surface area contributed by atoms with Gasteiger partial charge >= 0.3 is 0 Å². The number of carbonyl (C=O) groups excluding carboxylic acids is 1. The van der Waals surface area contributed by atoms with Crippen LogP contribution in [-0.2, 0) is 4.79 Å². The molecule has 0 aromatic heterocycles. The molecule has 0 aromatic carbocycles. The summed E-state index contributed by atoms with van der Waals surface area (Å²) in [4.78, 5) is 11.2. The molecule has 0 aromatic rings. The molecule has 2 aliphatic heterocycles. The molecule has 3 heteroatoms. The average molecular weight is 172 g/mol. The van der Waals surface area contributed by atoms with Gasteiger partial charge in [0.2, 0.25) is 5.91 Å².